The molecule has 0 amide bonds. The highest BCUT2D eigenvalue weighted by Gasteiger charge is 2.17. The predicted molar refractivity (Wildman–Crippen MR) is 49.7 cm³/mol. The molecule has 0 aliphatic carbocycles. The third-order valence-corrected chi connectivity index (χ3v) is 2.19. The van der Waals surface area contributed by atoms with Crippen molar-refractivity contribution < 1.29 is 4.84 Å². The van der Waals surface area contributed by atoms with E-state index in [-0.39, 0.29) is 0 Å². The number of hydroxylamine groups is 2. The minimum Gasteiger partial charge on any atom is -0.297 e. The zero-order valence-electron chi connectivity index (χ0n) is 8.42. The van der Waals surface area contributed by atoms with Crippen molar-refractivity contribution in [1.82, 2.24) is 9.96 Å². The van der Waals surface area contributed by atoms with Crippen LogP contribution in [0.1, 0.15) is 26.2 Å². The third kappa shape index (κ3) is 3.09. The number of hydrogen-bond donors (Lipinski definition) is 0. The lowest BCUT2D eigenvalue weighted by atomic mass is 10.1. The van der Waals surface area contributed by atoms with Gasteiger partial charge in [-0.3, -0.25) is 9.74 Å². The van der Waals surface area contributed by atoms with Crippen molar-refractivity contribution in [3.63, 3.8) is 0 Å². The molecule has 0 N–H and O–H groups in total. The lowest BCUT2D eigenvalue weighted by Gasteiger charge is -2.28. The Morgan fingerprint density at radius 2 is 2.17 bits per heavy atom. The van der Waals surface area contributed by atoms with Crippen LogP contribution in [0, 0.1) is 0 Å². The average Bonchev–Trinajstić information content (AvgIpc) is 2.16. The van der Waals surface area contributed by atoms with Gasteiger partial charge in [0, 0.05) is 6.04 Å². The second kappa shape index (κ2) is 4.80. The molecule has 3 heteroatoms. The summed E-state index contributed by atoms with van der Waals surface area (Å²) in [6, 6.07) is 0.565. The maximum absolute atomic E-state index is 5.62. The maximum Gasteiger partial charge on any atom is 0.0754 e. The van der Waals surface area contributed by atoms with Crippen molar-refractivity contribution >= 4 is 0 Å². The van der Waals surface area contributed by atoms with E-state index in [1.165, 1.54) is 19.3 Å². The fourth-order valence-corrected chi connectivity index (χ4v) is 1.45. The van der Waals surface area contributed by atoms with E-state index in [2.05, 4.69) is 31.0 Å². The summed E-state index contributed by atoms with van der Waals surface area (Å²) in [6.07, 6.45) is 3.76. The maximum atomic E-state index is 5.62. The molecule has 0 spiro atoms. The Balaban J connectivity index is 2.36. The molecule has 0 aromatic carbocycles. The summed E-state index contributed by atoms with van der Waals surface area (Å²) < 4.78 is 0. The van der Waals surface area contributed by atoms with Gasteiger partial charge in [-0.05, 0) is 40.3 Å². The highest BCUT2D eigenvalue weighted by Crippen LogP contribution is 2.14. The van der Waals surface area contributed by atoms with Crippen LogP contribution in [-0.2, 0) is 4.84 Å². The van der Waals surface area contributed by atoms with E-state index < -0.39 is 0 Å². The standard InChI is InChI=1S/C9H20N2O/c1-9-6-4-5-7-12-11(9)8-10(2)3/h9H,4-8H2,1-3H3. The van der Waals surface area contributed by atoms with Crippen LogP contribution in [0.2, 0.25) is 0 Å². The van der Waals surface area contributed by atoms with E-state index >= 15 is 0 Å². The molecule has 1 rings (SSSR count). The van der Waals surface area contributed by atoms with Gasteiger partial charge in [0.2, 0.25) is 0 Å². The summed E-state index contributed by atoms with van der Waals surface area (Å²) in [4.78, 5) is 7.76. The molecule has 0 aromatic heterocycles. The molecule has 1 aliphatic heterocycles. The van der Waals surface area contributed by atoms with Gasteiger partial charge < -0.3 is 0 Å². The first-order valence-electron chi connectivity index (χ1n) is 4.74. The van der Waals surface area contributed by atoms with Crippen LogP contribution in [0.25, 0.3) is 0 Å². The fourth-order valence-electron chi connectivity index (χ4n) is 1.45. The second-order valence-corrected chi connectivity index (χ2v) is 3.82. The number of nitrogens with zero attached hydrogens (tertiary/aromatic N) is 2. The predicted octanol–water partition coefficient (Wildman–Crippen LogP) is 1.31. The summed E-state index contributed by atoms with van der Waals surface area (Å²) >= 11 is 0. The van der Waals surface area contributed by atoms with E-state index in [1.54, 1.807) is 0 Å². The van der Waals surface area contributed by atoms with Crippen molar-refractivity contribution in [3.05, 3.63) is 0 Å². The quantitative estimate of drug-likeness (QED) is 0.624. The zero-order valence-corrected chi connectivity index (χ0v) is 8.42. The molecule has 1 unspecified atom stereocenters. The van der Waals surface area contributed by atoms with Crippen LogP contribution in [-0.4, -0.2) is 43.4 Å². The highest BCUT2D eigenvalue weighted by atomic mass is 16.7. The Morgan fingerprint density at radius 1 is 1.42 bits per heavy atom. The average molecular weight is 172 g/mol. The second-order valence-electron chi connectivity index (χ2n) is 3.82. The van der Waals surface area contributed by atoms with Gasteiger partial charge in [0.25, 0.3) is 0 Å². The lowest BCUT2D eigenvalue weighted by molar-refractivity contribution is -0.193. The van der Waals surface area contributed by atoms with Gasteiger partial charge in [-0.2, -0.15) is 5.06 Å². The third-order valence-electron chi connectivity index (χ3n) is 2.19. The van der Waals surface area contributed by atoms with Gasteiger partial charge in [-0.25, -0.2) is 0 Å². The highest BCUT2D eigenvalue weighted by molar-refractivity contribution is 4.62. The summed E-state index contributed by atoms with van der Waals surface area (Å²) in [5.74, 6) is 0. The number of hydrogen-bond acceptors (Lipinski definition) is 3. The number of rotatable bonds is 2. The van der Waals surface area contributed by atoms with E-state index in [9.17, 15) is 0 Å². The van der Waals surface area contributed by atoms with Gasteiger partial charge >= 0.3 is 0 Å². The molecule has 0 saturated carbocycles. The molecular weight excluding hydrogens is 152 g/mol. The van der Waals surface area contributed by atoms with Crippen LogP contribution in [0.15, 0.2) is 0 Å². The molecule has 1 heterocycles. The first-order chi connectivity index (χ1) is 5.70. The van der Waals surface area contributed by atoms with E-state index in [0.29, 0.717) is 6.04 Å². The van der Waals surface area contributed by atoms with Crippen LogP contribution in [0.5, 0.6) is 0 Å². The molecule has 0 bridgehead atoms. The summed E-state index contributed by atoms with van der Waals surface area (Å²) in [5, 5.41) is 2.09. The Bertz CT molecular complexity index is 128. The van der Waals surface area contributed by atoms with Crippen LogP contribution < -0.4 is 0 Å². The van der Waals surface area contributed by atoms with E-state index in [0.717, 1.165) is 13.3 Å². The Morgan fingerprint density at radius 3 is 2.83 bits per heavy atom. The smallest absolute Gasteiger partial charge is 0.0754 e. The molecular formula is C9H20N2O. The Labute approximate surface area is 75.2 Å². The monoisotopic (exact) mass is 172 g/mol. The van der Waals surface area contributed by atoms with E-state index in [1.807, 2.05) is 0 Å². The molecule has 12 heavy (non-hydrogen) atoms. The minimum absolute atomic E-state index is 0.565. The summed E-state index contributed by atoms with van der Waals surface area (Å²) in [6.45, 7) is 4.02. The van der Waals surface area contributed by atoms with Gasteiger partial charge in [-0.1, -0.05) is 0 Å². The minimum atomic E-state index is 0.565. The van der Waals surface area contributed by atoms with Crippen LogP contribution in [0.4, 0.5) is 0 Å². The molecule has 1 saturated heterocycles. The molecule has 0 radical (unpaired) electrons. The lowest BCUT2D eigenvalue weighted by Crippen LogP contribution is -2.38. The Hall–Kier alpha value is -0.120. The SMILES string of the molecule is CC1CCCCON1CN(C)C. The molecule has 3 nitrogen and oxygen atoms in total. The normalized spacial score (nSPS) is 27.5. The Kier molecular flexibility index (Phi) is 3.98. The van der Waals surface area contributed by atoms with Gasteiger partial charge in [0.15, 0.2) is 0 Å². The van der Waals surface area contributed by atoms with Gasteiger partial charge in [0.1, 0.15) is 0 Å². The van der Waals surface area contributed by atoms with Crippen LogP contribution in [0.3, 0.4) is 0 Å². The van der Waals surface area contributed by atoms with Crippen molar-refractivity contribution in [2.24, 2.45) is 0 Å². The molecule has 1 aliphatic rings. The fraction of sp³-hybridized carbons (Fsp3) is 1.00. The van der Waals surface area contributed by atoms with Gasteiger partial charge in [0.05, 0.1) is 13.3 Å². The van der Waals surface area contributed by atoms with Crippen molar-refractivity contribution in [1.29, 1.82) is 0 Å². The molecule has 72 valence electrons. The summed E-state index contributed by atoms with van der Waals surface area (Å²) in [7, 11) is 4.14. The van der Waals surface area contributed by atoms with Crippen LogP contribution >= 0.6 is 0 Å². The first-order valence-corrected chi connectivity index (χ1v) is 4.74. The molecule has 1 fully saturated rings. The zero-order chi connectivity index (χ0) is 8.97. The largest absolute Gasteiger partial charge is 0.297 e. The van der Waals surface area contributed by atoms with Gasteiger partial charge in [-0.15, -0.1) is 0 Å². The summed E-state index contributed by atoms with van der Waals surface area (Å²) in [5.41, 5.74) is 0. The first kappa shape index (κ1) is 9.96. The topological polar surface area (TPSA) is 15.7 Å². The van der Waals surface area contributed by atoms with E-state index in [4.69, 9.17) is 4.84 Å². The van der Waals surface area contributed by atoms with Crippen molar-refractivity contribution in [2.75, 3.05) is 27.4 Å². The molecule has 1 atom stereocenters. The van der Waals surface area contributed by atoms with Crippen molar-refractivity contribution in [2.45, 2.75) is 32.2 Å². The molecule has 0 aromatic rings. The van der Waals surface area contributed by atoms with Crippen molar-refractivity contribution in [3.8, 4) is 0 Å².